The number of nitro groups is 1. The third kappa shape index (κ3) is 2.94. The van der Waals surface area contributed by atoms with Crippen LogP contribution in [0.1, 0.15) is 6.92 Å². The van der Waals surface area contributed by atoms with Crippen LogP contribution >= 0.6 is 0 Å². The van der Waals surface area contributed by atoms with Crippen molar-refractivity contribution in [3.8, 4) is 12.3 Å². The highest BCUT2D eigenvalue weighted by atomic mass is 19.4. The van der Waals surface area contributed by atoms with Crippen LogP contribution in [0.25, 0.3) is 0 Å². The molecule has 0 aromatic rings. The third-order valence-corrected chi connectivity index (χ3v) is 1.21. The maximum Gasteiger partial charge on any atom is 0.430 e. The molecule has 0 heterocycles. The van der Waals surface area contributed by atoms with Gasteiger partial charge in [-0.25, -0.2) is 0 Å². The Labute approximate surface area is 78.1 Å². The van der Waals surface area contributed by atoms with Gasteiger partial charge in [-0.15, -0.1) is 6.42 Å². The number of rotatable bonds is 2. The van der Waals surface area contributed by atoms with E-state index in [-0.39, 0.29) is 0 Å². The third-order valence-electron chi connectivity index (χ3n) is 1.21. The van der Waals surface area contributed by atoms with Crippen LogP contribution in [0.5, 0.6) is 0 Å². The number of terminal acetylenes is 1. The summed E-state index contributed by atoms with van der Waals surface area (Å²) in [7, 11) is 0. The van der Waals surface area contributed by atoms with Crippen LogP contribution in [0, 0.1) is 22.5 Å². The molecule has 0 radical (unpaired) electrons. The Morgan fingerprint density at radius 3 is 2.29 bits per heavy atom. The van der Waals surface area contributed by atoms with Crippen molar-refractivity contribution in [3.63, 3.8) is 0 Å². The van der Waals surface area contributed by atoms with E-state index in [1.165, 1.54) is 12.8 Å². The second-order valence-corrected chi connectivity index (χ2v) is 2.16. The zero-order valence-corrected chi connectivity index (χ0v) is 7.13. The molecule has 0 aliphatic rings. The van der Waals surface area contributed by atoms with Crippen LogP contribution in [-0.4, -0.2) is 11.1 Å². The summed E-state index contributed by atoms with van der Waals surface area (Å²) in [4.78, 5) is 9.07. The fourth-order valence-corrected chi connectivity index (χ4v) is 0.694. The van der Waals surface area contributed by atoms with Crippen molar-refractivity contribution in [2.75, 3.05) is 0 Å². The van der Waals surface area contributed by atoms with Gasteiger partial charge in [0.25, 0.3) is 5.70 Å². The van der Waals surface area contributed by atoms with Crippen LogP contribution in [0.4, 0.5) is 13.2 Å². The molecule has 0 aliphatic heterocycles. The molecule has 0 N–H and O–H groups in total. The monoisotopic (exact) mass is 205 g/mol. The predicted octanol–water partition coefficient (Wildman–Crippen LogP) is 2.29. The molecule has 0 amide bonds. The minimum atomic E-state index is -4.88. The molecular weight excluding hydrogens is 199 g/mol. The van der Waals surface area contributed by atoms with Crippen LogP contribution in [0.2, 0.25) is 0 Å². The van der Waals surface area contributed by atoms with E-state index in [1.54, 1.807) is 0 Å². The summed E-state index contributed by atoms with van der Waals surface area (Å²) in [6.07, 6.45) is 1.51. The number of allylic oxidation sites excluding steroid dienone is 3. The molecule has 76 valence electrons. The van der Waals surface area contributed by atoms with Crippen molar-refractivity contribution >= 4 is 0 Å². The molecule has 0 aliphatic carbocycles. The smallest absolute Gasteiger partial charge is 0.258 e. The van der Waals surface area contributed by atoms with Gasteiger partial charge in [-0.3, -0.25) is 10.1 Å². The van der Waals surface area contributed by atoms with Crippen molar-refractivity contribution in [1.82, 2.24) is 0 Å². The van der Waals surface area contributed by atoms with E-state index in [2.05, 4.69) is 6.42 Å². The van der Waals surface area contributed by atoms with E-state index in [4.69, 9.17) is 0 Å². The maximum atomic E-state index is 12.1. The summed E-state index contributed by atoms with van der Waals surface area (Å²) in [5, 5.41) is 10.2. The predicted molar refractivity (Wildman–Crippen MR) is 43.7 cm³/mol. The molecular formula is C8H6F3NO2. The maximum absolute atomic E-state index is 12.1. The number of nitrogens with zero attached hydrogens (tertiary/aromatic N) is 1. The van der Waals surface area contributed by atoms with Gasteiger partial charge >= 0.3 is 6.18 Å². The molecule has 0 atom stereocenters. The van der Waals surface area contributed by atoms with E-state index >= 15 is 0 Å². The molecule has 0 saturated heterocycles. The van der Waals surface area contributed by atoms with Crippen LogP contribution < -0.4 is 0 Å². The van der Waals surface area contributed by atoms with E-state index < -0.39 is 22.4 Å². The van der Waals surface area contributed by atoms with Crippen molar-refractivity contribution in [3.05, 3.63) is 33.5 Å². The molecule has 6 heteroatoms. The van der Waals surface area contributed by atoms with Crippen LogP contribution in [0.15, 0.2) is 23.4 Å². The zero-order chi connectivity index (χ0) is 11.4. The molecule has 0 bridgehead atoms. The number of alkyl halides is 3. The summed E-state index contributed by atoms with van der Waals surface area (Å²) in [5.74, 6) is 1.27. The minimum Gasteiger partial charge on any atom is -0.258 e. The quantitative estimate of drug-likeness (QED) is 0.300. The van der Waals surface area contributed by atoms with E-state index in [0.29, 0.717) is 6.08 Å². The molecule has 0 unspecified atom stereocenters. The van der Waals surface area contributed by atoms with Gasteiger partial charge in [0.1, 0.15) is 0 Å². The Morgan fingerprint density at radius 1 is 1.57 bits per heavy atom. The van der Waals surface area contributed by atoms with Gasteiger partial charge in [-0.1, -0.05) is 12.0 Å². The van der Waals surface area contributed by atoms with Gasteiger partial charge in [0.05, 0.1) is 4.92 Å². The lowest BCUT2D eigenvalue weighted by Gasteiger charge is -2.04. The first-order valence-electron chi connectivity index (χ1n) is 3.39. The summed E-state index contributed by atoms with van der Waals surface area (Å²) >= 11 is 0. The summed E-state index contributed by atoms with van der Waals surface area (Å²) in [6.45, 7) is 1.36. The number of hydrogen-bond donors (Lipinski definition) is 0. The lowest BCUT2D eigenvalue weighted by Crippen LogP contribution is -2.15. The van der Waals surface area contributed by atoms with Crippen molar-refractivity contribution in [2.45, 2.75) is 13.1 Å². The molecule has 0 rings (SSSR count). The first-order valence-corrected chi connectivity index (χ1v) is 3.39. The van der Waals surface area contributed by atoms with Gasteiger partial charge in [0, 0.05) is 6.08 Å². The Bertz CT molecular complexity index is 333. The van der Waals surface area contributed by atoms with E-state index in [1.807, 2.05) is 0 Å². The topological polar surface area (TPSA) is 43.1 Å². The first kappa shape index (κ1) is 12.2. The summed E-state index contributed by atoms with van der Waals surface area (Å²) < 4.78 is 36.3. The highest BCUT2D eigenvalue weighted by molar-refractivity contribution is 5.36. The molecule has 0 spiro atoms. The summed E-state index contributed by atoms with van der Waals surface area (Å²) in [5.41, 5.74) is -2.71. The molecule has 0 aromatic carbocycles. The van der Waals surface area contributed by atoms with E-state index in [0.717, 1.165) is 6.08 Å². The normalized spacial score (nSPS) is 13.6. The van der Waals surface area contributed by atoms with Gasteiger partial charge < -0.3 is 0 Å². The zero-order valence-electron chi connectivity index (χ0n) is 7.13. The molecule has 14 heavy (non-hydrogen) atoms. The standard InChI is InChI=1S/C8H6F3NO2/c1-3-5-7(12(13)14)6(4-2)8(9,10)11/h2-3,5H,1H3/b5-3-,7-6-. The fourth-order valence-electron chi connectivity index (χ4n) is 0.694. The van der Waals surface area contributed by atoms with Gasteiger partial charge in [0.2, 0.25) is 0 Å². The van der Waals surface area contributed by atoms with Crippen molar-refractivity contribution in [2.24, 2.45) is 0 Å². The highest BCUT2D eigenvalue weighted by Crippen LogP contribution is 2.28. The first-order chi connectivity index (χ1) is 6.34. The number of halogens is 3. The lowest BCUT2D eigenvalue weighted by atomic mass is 10.2. The van der Waals surface area contributed by atoms with Crippen LogP contribution in [-0.2, 0) is 0 Å². The molecule has 3 nitrogen and oxygen atoms in total. The lowest BCUT2D eigenvalue weighted by molar-refractivity contribution is -0.421. The number of hydrogen-bond acceptors (Lipinski definition) is 2. The van der Waals surface area contributed by atoms with Crippen LogP contribution in [0.3, 0.4) is 0 Å². The SMILES string of the molecule is C#C/C(=C(\C=C/C)[N+](=O)[O-])C(F)(F)F. The van der Waals surface area contributed by atoms with Gasteiger partial charge in [0.15, 0.2) is 5.57 Å². The largest absolute Gasteiger partial charge is 0.430 e. The molecule has 0 saturated carbocycles. The average molecular weight is 205 g/mol. The average Bonchev–Trinajstić information content (AvgIpc) is 2.01. The highest BCUT2D eigenvalue weighted by Gasteiger charge is 2.39. The fraction of sp³-hybridized carbons (Fsp3) is 0.250. The molecule has 0 fully saturated rings. The van der Waals surface area contributed by atoms with Crippen molar-refractivity contribution < 1.29 is 18.1 Å². The Balaban J connectivity index is 5.58. The minimum absolute atomic E-state index is 0.711. The second kappa shape index (κ2) is 4.46. The van der Waals surface area contributed by atoms with E-state index in [9.17, 15) is 23.3 Å². The van der Waals surface area contributed by atoms with Gasteiger partial charge in [-0.2, -0.15) is 13.2 Å². The molecule has 0 aromatic heterocycles. The Kier molecular flexibility index (Phi) is 3.90. The Hall–Kier alpha value is -1.77. The summed E-state index contributed by atoms with van der Waals surface area (Å²) in [6, 6.07) is 0. The second-order valence-electron chi connectivity index (χ2n) is 2.16. The Morgan fingerprint density at radius 2 is 2.07 bits per heavy atom. The van der Waals surface area contributed by atoms with Crippen molar-refractivity contribution in [1.29, 1.82) is 0 Å². The van der Waals surface area contributed by atoms with Gasteiger partial charge in [-0.05, 0) is 6.92 Å².